The molecule has 0 amide bonds. The van der Waals surface area contributed by atoms with Crippen molar-refractivity contribution in [1.29, 1.82) is 0 Å². The average Bonchev–Trinajstić information content (AvgIpc) is 2.17. The lowest BCUT2D eigenvalue weighted by atomic mass is 9.99. The number of carbonyl (C=O) groups is 1. The molecule has 4 nitrogen and oxygen atoms in total. The van der Waals surface area contributed by atoms with E-state index in [0.717, 1.165) is 19.4 Å². The van der Waals surface area contributed by atoms with Gasteiger partial charge in [0.05, 0.1) is 7.11 Å². The van der Waals surface area contributed by atoms with Gasteiger partial charge < -0.3 is 15.0 Å². The molecule has 1 N–H and O–H groups in total. The van der Waals surface area contributed by atoms with Crippen molar-refractivity contribution in [2.75, 3.05) is 27.7 Å². The van der Waals surface area contributed by atoms with Crippen LogP contribution in [0.5, 0.6) is 0 Å². The summed E-state index contributed by atoms with van der Waals surface area (Å²) in [5.41, 5.74) is 0. The molecule has 1 aliphatic heterocycles. The van der Waals surface area contributed by atoms with Crippen LogP contribution in [0.4, 0.5) is 0 Å². The summed E-state index contributed by atoms with van der Waals surface area (Å²) in [6.07, 6.45) is 1.94. The van der Waals surface area contributed by atoms with Gasteiger partial charge in [-0.2, -0.15) is 0 Å². The molecule has 0 aliphatic carbocycles. The van der Waals surface area contributed by atoms with Gasteiger partial charge in [0.2, 0.25) is 0 Å². The highest BCUT2D eigenvalue weighted by Crippen LogP contribution is 2.13. The van der Waals surface area contributed by atoms with Crippen LogP contribution in [0, 0.1) is 0 Å². The van der Waals surface area contributed by atoms with E-state index in [2.05, 4.69) is 10.2 Å². The summed E-state index contributed by atoms with van der Waals surface area (Å²) in [6, 6.07) is 0.372. The van der Waals surface area contributed by atoms with Gasteiger partial charge in [0.25, 0.3) is 0 Å². The Bertz CT molecular complexity index is 182. The van der Waals surface area contributed by atoms with E-state index in [9.17, 15) is 4.79 Å². The van der Waals surface area contributed by atoms with Crippen LogP contribution in [0.15, 0.2) is 0 Å². The first-order valence-electron chi connectivity index (χ1n) is 4.62. The van der Waals surface area contributed by atoms with Crippen LogP contribution < -0.4 is 5.32 Å². The number of hydrogen-bond acceptors (Lipinski definition) is 4. The Labute approximate surface area is 79.2 Å². The molecule has 13 heavy (non-hydrogen) atoms. The predicted octanol–water partition coefficient (Wildman–Crippen LogP) is -0.158. The lowest BCUT2D eigenvalue weighted by molar-refractivity contribution is -0.144. The van der Waals surface area contributed by atoms with E-state index in [1.807, 2.05) is 14.1 Å². The lowest BCUT2D eigenvalue weighted by Crippen LogP contribution is -2.49. The summed E-state index contributed by atoms with van der Waals surface area (Å²) in [6.45, 7) is 0.891. The Kier molecular flexibility index (Phi) is 3.69. The molecule has 0 bridgehead atoms. The van der Waals surface area contributed by atoms with Gasteiger partial charge in [-0.25, -0.2) is 0 Å². The van der Waals surface area contributed by atoms with Crippen LogP contribution in [0.2, 0.25) is 0 Å². The molecule has 0 spiro atoms. The van der Waals surface area contributed by atoms with Crippen molar-refractivity contribution < 1.29 is 9.53 Å². The molecular weight excluding hydrogens is 168 g/mol. The Morgan fingerprint density at radius 2 is 2.23 bits per heavy atom. The molecule has 1 aliphatic rings. The largest absolute Gasteiger partial charge is 0.468 e. The van der Waals surface area contributed by atoms with Gasteiger partial charge in [-0.05, 0) is 33.5 Å². The van der Waals surface area contributed by atoms with Crippen LogP contribution in [-0.2, 0) is 9.53 Å². The molecule has 1 rings (SSSR count). The molecule has 0 radical (unpaired) electrons. The number of rotatable bonds is 2. The minimum absolute atomic E-state index is 0.119. The molecule has 0 saturated carbocycles. The second-order valence-corrected chi connectivity index (χ2v) is 3.67. The van der Waals surface area contributed by atoms with Crippen molar-refractivity contribution in [2.45, 2.75) is 24.9 Å². The first kappa shape index (κ1) is 10.5. The van der Waals surface area contributed by atoms with Crippen molar-refractivity contribution in [1.82, 2.24) is 10.2 Å². The van der Waals surface area contributed by atoms with E-state index in [1.165, 1.54) is 7.11 Å². The summed E-state index contributed by atoms with van der Waals surface area (Å²) in [4.78, 5) is 13.4. The van der Waals surface area contributed by atoms with Gasteiger partial charge in [0, 0.05) is 6.04 Å². The van der Waals surface area contributed by atoms with Crippen molar-refractivity contribution in [2.24, 2.45) is 0 Å². The van der Waals surface area contributed by atoms with Crippen LogP contribution in [0.1, 0.15) is 12.8 Å². The van der Waals surface area contributed by atoms with Crippen molar-refractivity contribution in [3.05, 3.63) is 0 Å². The Morgan fingerprint density at radius 3 is 2.77 bits per heavy atom. The maximum atomic E-state index is 11.2. The number of methoxy groups -OCH3 is 1. The van der Waals surface area contributed by atoms with E-state index in [4.69, 9.17) is 4.74 Å². The Hall–Kier alpha value is -0.610. The standard InChI is InChI=1S/C9H18N2O2/c1-11(2)7-4-5-10-8(6-7)9(12)13-3/h7-8,10H,4-6H2,1-3H3/t7-,8+/m0/s1. The van der Waals surface area contributed by atoms with E-state index in [-0.39, 0.29) is 12.0 Å². The highest BCUT2D eigenvalue weighted by Gasteiger charge is 2.28. The molecule has 76 valence electrons. The maximum Gasteiger partial charge on any atom is 0.322 e. The molecule has 0 aromatic heterocycles. The van der Waals surface area contributed by atoms with Crippen molar-refractivity contribution in [3.63, 3.8) is 0 Å². The molecule has 1 saturated heterocycles. The fourth-order valence-corrected chi connectivity index (χ4v) is 1.69. The minimum atomic E-state index is -0.147. The zero-order valence-corrected chi connectivity index (χ0v) is 8.54. The molecule has 1 heterocycles. The summed E-state index contributed by atoms with van der Waals surface area (Å²) >= 11 is 0. The Balaban J connectivity index is 2.46. The molecule has 1 fully saturated rings. The lowest BCUT2D eigenvalue weighted by Gasteiger charge is -2.32. The normalized spacial score (nSPS) is 28.9. The number of hydrogen-bond donors (Lipinski definition) is 1. The first-order chi connectivity index (χ1) is 6.15. The molecule has 0 aromatic rings. The van der Waals surface area contributed by atoms with Crippen LogP contribution in [0.25, 0.3) is 0 Å². The third-order valence-electron chi connectivity index (χ3n) is 2.59. The summed E-state index contributed by atoms with van der Waals surface area (Å²) in [5.74, 6) is -0.147. The van der Waals surface area contributed by atoms with Crippen LogP contribution >= 0.6 is 0 Å². The molecule has 2 atom stereocenters. The maximum absolute atomic E-state index is 11.2. The van der Waals surface area contributed by atoms with Gasteiger partial charge in [-0.15, -0.1) is 0 Å². The molecule has 4 heteroatoms. The zero-order chi connectivity index (χ0) is 9.84. The minimum Gasteiger partial charge on any atom is -0.468 e. The third kappa shape index (κ3) is 2.67. The molecule has 0 aromatic carbocycles. The molecular formula is C9H18N2O2. The smallest absolute Gasteiger partial charge is 0.322 e. The fraction of sp³-hybridized carbons (Fsp3) is 0.889. The summed E-state index contributed by atoms with van der Waals surface area (Å²) in [5, 5.41) is 3.15. The quantitative estimate of drug-likeness (QED) is 0.609. The van der Waals surface area contributed by atoms with E-state index in [0.29, 0.717) is 6.04 Å². The van der Waals surface area contributed by atoms with Crippen molar-refractivity contribution in [3.8, 4) is 0 Å². The monoisotopic (exact) mass is 186 g/mol. The van der Waals surface area contributed by atoms with Gasteiger partial charge in [-0.3, -0.25) is 4.79 Å². The topological polar surface area (TPSA) is 41.6 Å². The number of nitrogens with zero attached hydrogens (tertiary/aromatic N) is 1. The summed E-state index contributed by atoms with van der Waals surface area (Å²) in [7, 11) is 5.53. The fourth-order valence-electron chi connectivity index (χ4n) is 1.69. The Morgan fingerprint density at radius 1 is 1.54 bits per heavy atom. The second-order valence-electron chi connectivity index (χ2n) is 3.67. The SMILES string of the molecule is COC(=O)[C@H]1C[C@@H](N(C)C)CCN1. The zero-order valence-electron chi connectivity index (χ0n) is 8.54. The third-order valence-corrected chi connectivity index (χ3v) is 2.59. The number of carbonyl (C=O) groups excluding carboxylic acids is 1. The van der Waals surface area contributed by atoms with Gasteiger partial charge in [0.1, 0.15) is 6.04 Å². The van der Waals surface area contributed by atoms with Gasteiger partial charge >= 0.3 is 5.97 Å². The number of piperidine rings is 1. The van der Waals surface area contributed by atoms with Crippen LogP contribution in [0.3, 0.4) is 0 Å². The molecule has 0 unspecified atom stereocenters. The van der Waals surface area contributed by atoms with E-state index < -0.39 is 0 Å². The number of ether oxygens (including phenoxy) is 1. The first-order valence-corrected chi connectivity index (χ1v) is 4.62. The van der Waals surface area contributed by atoms with E-state index >= 15 is 0 Å². The van der Waals surface area contributed by atoms with E-state index in [1.54, 1.807) is 0 Å². The van der Waals surface area contributed by atoms with Crippen LogP contribution in [-0.4, -0.2) is 50.7 Å². The second kappa shape index (κ2) is 4.58. The number of esters is 1. The summed E-state index contributed by atoms with van der Waals surface area (Å²) < 4.78 is 4.70. The number of nitrogens with one attached hydrogen (secondary N) is 1. The van der Waals surface area contributed by atoms with Gasteiger partial charge in [0.15, 0.2) is 0 Å². The predicted molar refractivity (Wildman–Crippen MR) is 50.5 cm³/mol. The highest BCUT2D eigenvalue weighted by atomic mass is 16.5. The highest BCUT2D eigenvalue weighted by molar-refractivity contribution is 5.75. The van der Waals surface area contributed by atoms with Crippen molar-refractivity contribution >= 4 is 5.97 Å². The average molecular weight is 186 g/mol. The van der Waals surface area contributed by atoms with Gasteiger partial charge in [-0.1, -0.05) is 0 Å².